The fourth-order valence-corrected chi connectivity index (χ4v) is 2.43. The van der Waals surface area contributed by atoms with Gasteiger partial charge in [0.15, 0.2) is 5.69 Å². The van der Waals surface area contributed by atoms with E-state index in [0.717, 1.165) is 22.7 Å². The van der Waals surface area contributed by atoms with Crippen LogP contribution in [0.2, 0.25) is 5.02 Å². The van der Waals surface area contributed by atoms with Crippen LogP contribution < -0.4 is 5.32 Å². The van der Waals surface area contributed by atoms with Gasteiger partial charge in [-0.1, -0.05) is 23.4 Å². The summed E-state index contributed by atoms with van der Waals surface area (Å²) in [5.74, 6) is -0.0382. The van der Waals surface area contributed by atoms with Gasteiger partial charge in [-0.2, -0.15) is 13.2 Å². The quantitative estimate of drug-likeness (QED) is 0.821. The van der Waals surface area contributed by atoms with Crippen molar-refractivity contribution in [3.05, 3.63) is 41.0 Å². The topological polar surface area (TPSA) is 37.8 Å². The van der Waals surface area contributed by atoms with Crippen molar-refractivity contribution in [2.24, 2.45) is 0 Å². The van der Waals surface area contributed by atoms with Gasteiger partial charge < -0.3 is 5.32 Å². The monoisotopic (exact) mass is 333 g/mol. The lowest BCUT2D eigenvalue weighted by Gasteiger charge is -2.10. The van der Waals surface area contributed by atoms with E-state index in [4.69, 9.17) is 11.6 Å². The molecule has 0 spiro atoms. The molecule has 0 saturated heterocycles. The molecule has 0 fully saturated rings. The summed E-state index contributed by atoms with van der Waals surface area (Å²) in [7, 11) is 0. The van der Waals surface area contributed by atoms with E-state index in [2.05, 4.69) is 15.3 Å². The van der Waals surface area contributed by atoms with Crippen molar-refractivity contribution in [3.63, 3.8) is 0 Å². The first-order chi connectivity index (χ1) is 9.88. The summed E-state index contributed by atoms with van der Waals surface area (Å²) in [6, 6.07) is 7.70. The van der Waals surface area contributed by atoms with E-state index in [1.54, 1.807) is 31.2 Å². The van der Waals surface area contributed by atoms with Gasteiger partial charge >= 0.3 is 6.18 Å². The van der Waals surface area contributed by atoms with Gasteiger partial charge in [0.25, 0.3) is 0 Å². The van der Waals surface area contributed by atoms with Gasteiger partial charge in [0.1, 0.15) is 5.03 Å². The Morgan fingerprint density at radius 2 is 1.86 bits per heavy atom. The molecule has 21 heavy (non-hydrogen) atoms. The SMILES string of the molecule is CCNc1nc(Sc2ccc(Cl)cc2)cc(C(F)(F)F)n1. The van der Waals surface area contributed by atoms with Crippen molar-refractivity contribution in [2.75, 3.05) is 11.9 Å². The van der Waals surface area contributed by atoms with Crippen molar-refractivity contribution >= 4 is 29.3 Å². The molecule has 1 aromatic heterocycles. The second-order valence-corrected chi connectivity index (χ2v) is 5.53. The Balaban J connectivity index is 2.33. The fraction of sp³-hybridized carbons (Fsp3) is 0.231. The molecule has 0 aliphatic rings. The molecule has 0 unspecified atom stereocenters. The molecule has 0 aliphatic carbocycles. The van der Waals surface area contributed by atoms with Crippen molar-refractivity contribution in [3.8, 4) is 0 Å². The van der Waals surface area contributed by atoms with Crippen molar-refractivity contribution in [1.29, 1.82) is 0 Å². The largest absolute Gasteiger partial charge is 0.433 e. The molecule has 1 N–H and O–H groups in total. The summed E-state index contributed by atoms with van der Waals surface area (Å²) in [4.78, 5) is 8.27. The van der Waals surface area contributed by atoms with Crippen LogP contribution in [0.5, 0.6) is 0 Å². The molecule has 112 valence electrons. The Kier molecular flexibility index (Phi) is 4.95. The third-order valence-electron chi connectivity index (χ3n) is 2.36. The zero-order valence-corrected chi connectivity index (χ0v) is 12.5. The normalized spacial score (nSPS) is 11.5. The molecule has 0 atom stereocenters. The molecule has 0 aliphatic heterocycles. The lowest BCUT2D eigenvalue weighted by atomic mass is 10.4. The maximum atomic E-state index is 12.8. The van der Waals surface area contributed by atoms with Crippen LogP contribution in [0.1, 0.15) is 12.6 Å². The van der Waals surface area contributed by atoms with Crippen LogP contribution >= 0.6 is 23.4 Å². The Labute approximate surface area is 128 Å². The molecule has 3 nitrogen and oxygen atoms in total. The number of nitrogens with one attached hydrogen (secondary N) is 1. The lowest BCUT2D eigenvalue weighted by molar-refractivity contribution is -0.141. The number of aromatic nitrogens is 2. The van der Waals surface area contributed by atoms with E-state index in [9.17, 15) is 13.2 Å². The molecular formula is C13H11ClF3N3S. The van der Waals surface area contributed by atoms with Crippen LogP contribution in [0.15, 0.2) is 40.3 Å². The fourth-order valence-electron chi connectivity index (χ4n) is 1.48. The molecule has 1 heterocycles. The minimum Gasteiger partial charge on any atom is -0.354 e. The molecule has 0 radical (unpaired) electrons. The molecule has 0 bridgehead atoms. The first kappa shape index (κ1) is 15.9. The zero-order chi connectivity index (χ0) is 15.5. The van der Waals surface area contributed by atoms with Crippen LogP contribution in [0.4, 0.5) is 19.1 Å². The van der Waals surface area contributed by atoms with Gasteiger partial charge in [0.2, 0.25) is 5.95 Å². The predicted octanol–water partition coefficient (Wildman–Crippen LogP) is 4.73. The minimum atomic E-state index is -4.51. The van der Waals surface area contributed by atoms with E-state index in [-0.39, 0.29) is 11.0 Å². The average molecular weight is 334 g/mol. The summed E-state index contributed by atoms with van der Waals surface area (Å²) in [5, 5.41) is 3.48. The zero-order valence-electron chi connectivity index (χ0n) is 10.9. The van der Waals surface area contributed by atoms with Gasteiger partial charge in [-0.3, -0.25) is 0 Å². The third kappa shape index (κ3) is 4.50. The highest BCUT2D eigenvalue weighted by molar-refractivity contribution is 7.99. The number of halogens is 4. The van der Waals surface area contributed by atoms with Gasteiger partial charge in [-0.25, -0.2) is 9.97 Å². The number of hydrogen-bond acceptors (Lipinski definition) is 4. The number of benzene rings is 1. The average Bonchev–Trinajstić information content (AvgIpc) is 2.41. The molecule has 8 heteroatoms. The number of hydrogen-bond donors (Lipinski definition) is 1. The predicted molar refractivity (Wildman–Crippen MR) is 76.8 cm³/mol. The smallest absolute Gasteiger partial charge is 0.354 e. The molecular weight excluding hydrogens is 323 g/mol. The maximum absolute atomic E-state index is 12.8. The standard InChI is InChI=1S/C13H11ClF3N3S/c1-2-18-12-19-10(13(15,16)17)7-11(20-12)21-9-5-3-8(14)4-6-9/h3-7H,2H2,1H3,(H,18,19,20). The van der Waals surface area contributed by atoms with E-state index < -0.39 is 11.9 Å². The molecule has 2 rings (SSSR count). The Bertz CT molecular complexity index is 617. The molecule has 0 amide bonds. The number of alkyl halides is 3. The summed E-state index contributed by atoms with van der Waals surface area (Å²) in [6.45, 7) is 2.20. The highest BCUT2D eigenvalue weighted by Crippen LogP contribution is 2.33. The second kappa shape index (κ2) is 6.53. The highest BCUT2D eigenvalue weighted by Gasteiger charge is 2.33. The number of anilines is 1. The van der Waals surface area contributed by atoms with E-state index in [1.807, 2.05) is 0 Å². The lowest BCUT2D eigenvalue weighted by Crippen LogP contribution is -2.12. The first-order valence-corrected chi connectivity index (χ1v) is 7.21. The summed E-state index contributed by atoms with van der Waals surface area (Å²) < 4.78 is 38.5. The number of nitrogens with zero attached hydrogens (tertiary/aromatic N) is 2. The van der Waals surface area contributed by atoms with Gasteiger partial charge in [0, 0.05) is 22.5 Å². The molecule has 2 aromatic rings. The Morgan fingerprint density at radius 3 is 2.43 bits per heavy atom. The summed E-state index contributed by atoms with van der Waals surface area (Å²) >= 11 is 6.89. The summed E-state index contributed by atoms with van der Waals surface area (Å²) in [5.41, 5.74) is -0.968. The van der Waals surface area contributed by atoms with Crippen molar-refractivity contribution in [1.82, 2.24) is 9.97 Å². The molecule has 1 aromatic carbocycles. The Hall–Kier alpha value is -1.47. The van der Waals surface area contributed by atoms with Crippen molar-refractivity contribution in [2.45, 2.75) is 23.0 Å². The van der Waals surface area contributed by atoms with Crippen LogP contribution in [-0.2, 0) is 6.18 Å². The van der Waals surface area contributed by atoms with Crippen molar-refractivity contribution < 1.29 is 13.2 Å². The molecule has 0 saturated carbocycles. The van der Waals surface area contributed by atoms with Gasteiger partial charge in [-0.05, 0) is 31.2 Å². The van der Waals surface area contributed by atoms with Gasteiger partial charge in [0.05, 0.1) is 0 Å². The Morgan fingerprint density at radius 1 is 1.19 bits per heavy atom. The van der Waals surface area contributed by atoms with E-state index in [0.29, 0.717) is 11.6 Å². The van der Waals surface area contributed by atoms with E-state index in [1.165, 1.54) is 0 Å². The third-order valence-corrected chi connectivity index (χ3v) is 3.54. The van der Waals surface area contributed by atoms with Crippen LogP contribution in [0, 0.1) is 0 Å². The summed E-state index contributed by atoms with van der Waals surface area (Å²) in [6.07, 6.45) is -4.51. The number of rotatable bonds is 4. The first-order valence-electron chi connectivity index (χ1n) is 6.02. The van der Waals surface area contributed by atoms with Crippen LogP contribution in [-0.4, -0.2) is 16.5 Å². The highest BCUT2D eigenvalue weighted by atomic mass is 35.5. The second-order valence-electron chi connectivity index (χ2n) is 4.00. The van der Waals surface area contributed by atoms with Crippen LogP contribution in [0.25, 0.3) is 0 Å². The van der Waals surface area contributed by atoms with Crippen LogP contribution in [0.3, 0.4) is 0 Å². The van der Waals surface area contributed by atoms with E-state index >= 15 is 0 Å². The van der Waals surface area contributed by atoms with Gasteiger partial charge in [-0.15, -0.1) is 0 Å². The minimum absolute atomic E-state index is 0.0382. The maximum Gasteiger partial charge on any atom is 0.433 e.